The predicted octanol–water partition coefficient (Wildman–Crippen LogP) is 3.15. The molecule has 0 amide bonds. The molecule has 2 atom stereocenters. The average Bonchev–Trinajstić information content (AvgIpc) is 2.28. The number of hydrazine groups is 1. The van der Waals surface area contributed by atoms with Crippen LogP contribution in [0.2, 0.25) is 5.02 Å². The number of nitrogens with two attached hydrogens (primary N) is 1. The van der Waals surface area contributed by atoms with Crippen molar-refractivity contribution in [3.63, 3.8) is 0 Å². The van der Waals surface area contributed by atoms with E-state index in [2.05, 4.69) is 26.2 Å². The molecule has 1 aromatic rings. The fraction of sp³-hybridized carbons (Fsp3) is 0.538. The molecule has 3 N–H and O–H groups in total. The van der Waals surface area contributed by atoms with Crippen molar-refractivity contribution in [2.45, 2.75) is 33.2 Å². The van der Waals surface area contributed by atoms with Crippen LogP contribution in [0.25, 0.3) is 0 Å². The molecule has 0 saturated heterocycles. The van der Waals surface area contributed by atoms with E-state index in [0.717, 1.165) is 0 Å². The summed E-state index contributed by atoms with van der Waals surface area (Å²) >= 11 is 6.01. The third-order valence-electron chi connectivity index (χ3n) is 3.39. The molecule has 4 heteroatoms. The first-order chi connectivity index (χ1) is 7.97. The van der Waals surface area contributed by atoms with Crippen molar-refractivity contribution in [1.29, 1.82) is 0 Å². The van der Waals surface area contributed by atoms with Crippen LogP contribution < -0.4 is 11.3 Å². The molecule has 0 radical (unpaired) electrons. The van der Waals surface area contributed by atoms with Crippen molar-refractivity contribution in [2.75, 3.05) is 0 Å². The highest BCUT2D eigenvalue weighted by atomic mass is 35.5. The number of hydrogen-bond acceptors (Lipinski definition) is 2. The van der Waals surface area contributed by atoms with Gasteiger partial charge in [-0.1, -0.05) is 38.4 Å². The quantitative estimate of drug-likeness (QED) is 0.629. The Morgan fingerprint density at radius 3 is 2.47 bits per heavy atom. The zero-order valence-electron chi connectivity index (χ0n) is 10.5. The molecule has 0 aromatic heterocycles. The number of hydrogen-bond donors (Lipinski definition) is 2. The van der Waals surface area contributed by atoms with Gasteiger partial charge in [0.2, 0.25) is 0 Å². The fourth-order valence-electron chi connectivity index (χ4n) is 1.81. The Bertz CT molecular complexity index is 348. The van der Waals surface area contributed by atoms with Crippen LogP contribution in [-0.4, -0.2) is 6.04 Å². The molecule has 0 fully saturated rings. The van der Waals surface area contributed by atoms with Gasteiger partial charge in [0.05, 0.1) is 0 Å². The lowest BCUT2D eigenvalue weighted by Crippen LogP contribution is -2.43. The summed E-state index contributed by atoms with van der Waals surface area (Å²) < 4.78 is 13.7. The Kier molecular flexibility index (Phi) is 5.37. The molecule has 0 saturated carbocycles. The number of rotatable bonds is 5. The number of halogens is 2. The van der Waals surface area contributed by atoms with Crippen LogP contribution in [0, 0.1) is 17.7 Å². The Morgan fingerprint density at radius 2 is 2.00 bits per heavy atom. The Hall–Kier alpha value is -0.640. The highest BCUT2D eigenvalue weighted by Gasteiger charge is 2.21. The van der Waals surface area contributed by atoms with Crippen molar-refractivity contribution in [2.24, 2.45) is 17.7 Å². The highest BCUT2D eigenvalue weighted by molar-refractivity contribution is 6.31. The van der Waals surface area contributed by atoms with E-state index in [0.29, 0.717) is 28.8 Å². The molecule has 96 valence electrons. The Morgan fingerprint density at radius 1 is 1.35 bits per heavy atom. The first kappa shape index (κ1) is 14.4. The molecular weight excluding hydrogens is 239 g/mol. The van der Waals surface area contributed by atoms with E-state index in [1.807, 2.05) is 0 Å². The Labute approximate surface area is 107 Å². The van der Waals surface area contributed by atoms with Gasteiger partial charge in [0.15, 0.2) is 0 Å². The van der Waals surface area contributed by atoms with Gasteiger partial charge in [-0.15, -0.1) is 0 Å². The molecular formula is C13H20ClFN2. The van der Waals surface area contributed by atoms with Gasteiger partial charge in [-0.05, 0) is 30.4 Å². The van der Waals surface area contributed by atoms with E-state index in [1.165, 1.54) is 6.07 Å². The summed E-state index contributed by atoms with van der Waals surface area (Å²) in [5.74, 6) is 6.09. The van der Waals surface area contributed by atoms with Gasteiger partial charge in [0, 0.05) is 16.6 Å². The molecule has 2 unspecified atom stereocenters. The zero-order valence-corrected chi connectivity index (χ0v) is 11.3. The van der Waals surface area contributed by atoms with Crippen LogP contribution in [0.5, 0.6) is 0 Å². The maximum absolute atomic E-state index is 13.7. The topological polar surface area (TPSA) is 38.0 Å². The summed E-state index contributed by atoms with van der Waals surface area (Å²) in [6.45, 7) is 6.35. The second kappa shape index (κ2) is 6.34. The van der Waals surface area contributed by atoms with Crippen molar-refractivity contribution in [3.8, 4) is 0 Å². The number of benzene rings is 1. The molecule has 0 bridgehead atoms. The molecule has 2 nitrogen and oxygen atoms in total. The molecule has 1 rings (SSSR count). The van der Waals surface area contributed by atoms with E-state index in [4.69, 9.17) is 17.4 Å². The van der Waals surface area contributed by atoms with Gasteiger partial charge < -0.3 is 0 Å². The minimum Gasteiger partial charge on any atom is -0.271 e. The zero-order chi connectivity index (χ0) is 13.0. The first-order valence-corrected chi connectivity index (χ1v) is 6.24. The van der Waals surface area contributed by atoms with Gasteiger partial charge in [0.1, 0.15) is 5.82 Å². The largest absolute Gasteiger partial charge is 0.271 e. The monoisotopic (exact) mass is 258 g/mol. The first-order valence-electron chi connectivity index (χ1n) is 5.86. The van der Waals surface area contributed by atoms with E-state index < -0.39 is 0 Å². The molecule has 1 aromatic carbocycles. The third kappa shape index (κ3) is 3.66. The van der Waals surface area contributed by atoms with Crippen LogP contribution in [0.1, 0.15) is 26.3 Å². The lowest BCUT2D eigenvalue weighted by atomic mass is 9.87. The van der Waals surface area contributed by atoms with Gasteiger partial charge in [-0.25, -0.2) is 4.39 Å². The van der Waals surface area contributed by atoms with E-state index in [-0.39, 0.29) is 11.9 Å². The van der Waals surface area contributed by atoms with Gasteiger partial charge >= 0.3 is 0 Å². The fourth-order valence-corrected chi connectivity index (χ4v) is 2.05. The van der Waals surface area contributed by atoms with Gasteiger partial charge in [-0.2, -0.15) is 0 Å². The van der Waals surface area contributed by atoms with Crippen molar-refractivity contribution < 1.29 is 4.39 Å². The SMILES string of the molecule is CC(C)C(C)C(Cc1c(F)cccc1Cl)NN. The van der Waals surface area contributed by atoms with E-state index >= 15 is 0 Å². The van der Waals surface area contributed by atoms with Gasteiger partial charge in [-0.3, -0.25) is 11.3 Å². The second-order valence-electron chi connectivity index (χ2n) is 4.78. The standard InChI is InChI=1S/C13H20ClFN2/c1-8(2)9(3)13(17-16)7-10-11(14)5-4-6-12(10)15/h4-6,8-9,13,17H,7,16H2,1-3H3. The van der Waals surface area contributed by atoms with Crippen LogP contribution in [-0.2, 0) is 6.42 Å². The highest BCUT2D eigenvalue weighted by Crippen LogP contribution is 2.24. The smallest absolute Gasteiger partial charge is 0.127 e. The van der Waals surface area contributed by atoms with E-state index in [9.17, 15) is 4.39 Å². The second-order valence-corrected chi connectivity index (χ2v) is 5.19. The van der Waals surface area contributed by atoms with Crippen molar-refractivity contribution in [1.82, 2.24) is 5.43 Å². The van der Waals surface area contributed by atoms with E-state index in [1.54, 1.807) is 12.1 Å². The third-order valence-corrected chi connectivity index (χ3v) is 3.74. The summed E-state index contributed by atoms with van der Waals surface area (Å²) in [6.07, 6.45) is 0.501. The van der Waals surface area contributed by atoms with Crippen molar-refractivity contribution >= 4 is 11.6 Å². The molecule has 17 heavy (non-hydrogen) atoms. The summed E-state index contributed by atoms with van der Waals surface area (Å²) in [5.41, 5.74) is 3.29. The lowest BCUT2D eigenvalue weighted by molar-refractivity contribution is 0.297. The van der Waals surface area contributed by atoms with Crippen LogP contribution >= 0.6 is 11.6 Å². The molecule has 0 heterocycles. The van der Waals surface area contributed by atoms with Gasteiger partial charge in [0.25, 0.3) is 0 Å². The number of nitrogens with one attached hydrogen (secondary N) is 1. The summed E-state index contributed by atoms with van der Waals surface area (Å²) in [4.78, 5) is 0. The minimum absolute atomic E-state index is 0.0180. The average molecular weight is 259 g/mol. The lowest BCUT2D eigenvalue weighted by Gasteiger charge is -2.26. The molecule has 0 spiro atoms. The maximum Gasteiger partial charge on any atom is 0.127 e. The normalized spacial score (nSPS) is 15.0. The van der Waals surface area contributed by atoms with Crippen molar-refractivity contribution in [3.05, 3.63) is 34.6 Å². The summed E-state index contributed by atoms with van der Waals surface area (Å²) in [7, 11) is 0. The molecule has 0 aliphatic heterocycles. The van der Waals surface area contributed by atoms with Crippen LogP contribution in [0.15, 0.2) is 18.2 Å². The Balaban J connectivity index is 2.88. The minimum atomic E-state index is -0.270. The van der Waals surface area contributed by atoms with Crippen LogP contribution in [0.4, 0.5) is 4.39 Å². The van der Waals surface area contributed by atoms with Crippen LogP contribution in [0.3, 0.4) is 0 Å². The molecule has 0 aliphatic rings. The maximum atomic E-state index is 13.7. The summed E-state index contributed by atoms with van der Waals surface area (Å²) in [5, 5.41) is 0.459. The summed E-state index contributed by atoms with van der Waals surface area (Å²) in [6, 6.07) is 4.75. The molecule has 0 aliphatic carbocycles. The predicted molar refractivity (Wildman–Crippen MR) is 70.2 cm³/mol.